The molecule has 3 fully saturated rings. The van der Waals surface area contributed by atoms with Crippen molar-refractivity contribution in [3.8, 4) is 0 Å². The van der Waals surface area contributed by atoms with Crippen LogP contribution in [0.15, 0.2) is 30.4 Å². The Balaban J connectivity index is 1.32. The number of ether oxygens (including phenoxy) is 1. The van der Waals surface area contributed by atoms with Gasteiger partial charge in [-0.15, -0.1) is 0 Å². The molecule has 0 aromatic heterocycles. The number of nitrogens with one attached hydrogen (secondary N) is 1. The standard InChI is InChI=1S/C22H22F3N3O4/c23-22(24,25)15-10-14(27-5-7-32-8-6-27)3-4-16(15)26-17(29)11-28-20(30)18-12-1-2-13(9-12)19(18)21(28)31/h1-4,10,12-13,18-19H,5-9,11H2,(H,26,29). The van der Waals surface area contributed by atoms with Gasteiger partial charge in [0, 0.05) is 18.8 Å². The van der Waals surface area contributed by atoms with Crippen LogP contribution in [0.2, 0.25) is 0 Å². The SMILES string of the molecule is O=C(CN1C(=O)C2C3C=CC(C3)C2C1=O)Nc1ccc(N2CCOCC2)cc1C(F)(F)F. The average Bonchev–Trinajstić information content (AvgIpc) is 3.44. The molecule has 0 radical (unpaired) electrons. The molecule has 0 spiro atoms. The summed E-state index contributed by atoms with van der Waals surface area (Å²) in [5.41, 5.74) is -0.993. The fraction of sp³-hybridized carbons (Fsp3) is 0.500. The Morgan fingerprint density at radius 3 is 2.28 bits per heavy atom. The molecule has 2 aliphatic carbocycles. The van der Waals surface area contributed by atoms with Gasteiger partial charge in [-0.1, -0.05) is 12.2 Å². The summed E-state index contributed by atoms with van der Waals surface area (Å²) in [7, 11) is 0. The molecule has 10 heteroatoms. The summed E-state index contributed by atoms with van der Waals surface area (Å²) >= 11 is 0. The molecular weight excluding hydrogens is 427 g/mol. The highest BCUT2D eigenvalue weighted by Gasteiger charge is 2.59. The number of carbonyl (C=O) groups excluding carboxylic acids is 3. The van der Waals surface area contributed by atoms with Crippen molar-refractivity contribution in [3.63, 3.8) is 0 Å². The minimum absolute atomic E-state index is 0.000857. The van der Waals surface area contributed by atoms with Gasteiger partial charge in [-0.05, 0) is 36.5 Å². The van der Waals surface area contributed by atoms with Gasteiger partial charge in [0.25, 0.3) is 0 Å². The Hall–Kier alpha value is -2.88. The van der Waals surface area contributed by atoms with Gasteiger partial charge in [0.2, 0.25) is 17.7 Å². The Kier molecular flexibility index (Phi) is 4.99. The molecule has 4 aliphatic rings. The number of hydrogen-bond acceptors (Lipinski definition) is 5. The lowest BCUT2D eigenvalue weighted by Gasteiger charge is -2.29. The zero-order chi connectivity index (χ0) is 22.6. The van der Waals surface area contributed by atoms with E-state index in [0.717, 1.165) is 17.4 Å². The molecule has 2 heterocycles. The Morgan fingerprint density at radius 2 is 1.69 bits per heavy atom. The van der Waals surface area contributed by atoms with E-state index in [1.165, 1.54) is 12.1 Å². The van der Waals surface area contributed by atoms with Crippen molar-refractivity contribution in [1.29, 1.82) is 0 Å². The number of morpholine rings is 1. The first-order chi connectivity index (χ1) is 15.2. The van der Waals surface area contributed by atoms with Crippen molar-refractivity contribution in [1.82, 2.24) is 4.90 Å². The zero-order valence-corrected chi connectivity index (χ0v) is 17.1. The summed E-state index contributed by atoms with van der Waals surface area (Å²) < 4.78 is 46.3. The van der Waals surface area contributed by atoms with E-state index in [0.29, 0.717) is 32.0 Å². The molecule has 2 saturated heterocycles. The first-order valence-corrected chi connectivity index (χ1v) is 10.6. The quantitative estimate of drug-likeness (QED) is 0.564. The van der Waals surface area contributed by atoms with Crippen LogP contribution in [-0.2, 0) is 25.3 Å². The molecule has 1 saturated carbocycles. The molecule has 170 valence electrons. The minimum atomic E-state index is -4.69. The van der Waals surface area contributed by atoms with Crippen LogP contribution >= 0.6 is 0 Å². The molecule has 4 atom stereocenters. The summed E-state index contributed by atoms with van der Waals surface area (Å²) in [6.45, 7) is 1.21. The van der Waals surface area contributed by atoms with Crippen LogP contribution in [-0.4, -0.2) is 55.5 Å². The van der Waals surface area contributed by atoms with Crippen molar-refractivity contribution in [2.45, 2.75) is 12.6 Å². The molecule has 2 bridgehead atoms. The number of anilines is 2. The molecule has 3 amide bonds. The van der Waals surface area contributed by atoms with E-state index < -0.39 is 53.5 Å². The molecule has 1 aromatic rings. The molecule has 7 nitrogen and oxygen atoms in total. The van der Waals surface area contributed by atoms with Gasteiger partial charge in [-0.3, -0.25) is 19.3 Å². The van der Waals surface area contributed by atoms with Crippen LogP contribution < -0.4 is 10.2 Å². The lowest BCUT2D eigenvalue weighted by molar-refractivity contribution is -0.143. The predicted molar refractivity (Wildman–Crippen MR) is 108 cm³/mol. The third kappa shape index (κ3) is 3.46. The number of fused-ring (bicyclic) bond motifs is 5. The molecular formula is C22H22F3N3O4. The summed E-state index contributed by atoms with van der Waals surface area (Å²) in [6, 6.07) is 3.72. The Morgan fingerprint density at radius 1 is 1.06 bits per heavy atom. The second-order valence-electron chi connectivity index (χ2n) is 8.64. The maximum absolute atomic E-state index is 13.7. The topological polar surface area (TPSA) is 79.0 Å². The first kappa shape index (κ1) is 21.0. The number of amides is 3. The molecule has 4 unspecified atom stereocenters. The fourth-order valence-corrected chi connectivity index (χ4v) is 5.35. The number of benzene rings is 1. The van der Waals surface area contributed by atoms with Gasteiger partial charge in [-0.25, -0.2) is 0 Å². The smallest absolute Gasteiger partial charge is 0.378 e. The van der Waals surface area contributed by atoms with E-state index in [2.05, 4.69) is 5.32 Å². The number of hydrogen-bond donors (Lipinski definition) is 1. The highest BCUT2D eigenvalue weighted by atomic mass is 19.4. The van der Waals surface area contributed by atoms with Crippen LogP contribution in [0.1, 0.15) is 12.0 Å². The van der Waals surface area contributed by atoms with Crippen LogP contribution in [0.25, 0.3) is 0 Å². The summed E-state index contributed by atoms with van der Waals surface area (Å²) in [6.07, 6.45) is -0.0538. The van der Waals surface area contributed by atoms with Crippen molar-refractivity contribution >= 4 is 29.1 Å². The highest BCUT2D eigenvalue weighted by Crippen LogP contribution is 2.52. The van der Waals surface area contributed by atoms with Crippen molar-refractivity contribution in [3.05, 3.63) is 35.9 Å². The number of alkyl halides is 3. The fourth-order valence-electron chi connectivity index (χ4n) is 5.35. The largest absolute Gasteiger partial charge is 0.418 e. The normalized spacial score (nSPS) is 29.1. The van der Waals surface area contributed by atoms with Crippen LogP contribution in [0, 0.1) is 23.7 Å². The zero-order valence-electron chi connectivity index (χ0n) is 17.1. The van der Waals surface area contributed by atoms with Gasteiger partial charge in [-0.2, -0.15) is 13.2 Å². The van der Waals surface area contributed by atoms with Gasteiger partial charge in [0.15, 0.2) is 0 Å². The number of nitrogens with zero attached hydrogens (tertiary/aromatic N) is 2. The molecule has 1 N–H and O–H groups in total. The third-order valence-corrected chi connectivity index (χ3v) is 6.82. The van der Waals surface area contributed by atoms with Crippen LogP contribution in [0.5, 0.6) is 0 Å². The molecule has 1 aromatic carbocycles. The Bertz CT molecular complexity index is 973. The number of rotatable bonds is 4. The molecule has 5 rings (SSSR count). The van der Waals surface area contributed by atoms with E-state index in [9.17, 15) is 27.6 Å². The number of imide groups is 1. The predicted octanol–water partition coefficient (Wildman–Crippen LogP) is 2.29. The maximum Gasteiger partial charge on any atom is 0.418 e. The van der Waals surface area contributed by atoms with Crippen LogP contribution in [0.4, 0.5) is 24.5 Å². The number of carbonyl (C=O) groups is 3. The van der Waals surface area contributed by atoms with Gasteiger partial charge in [0.1, 0.15) is 6.54 Å². The average molecular weight is 449 g/mol. The van der Waals surface area contributed by atoms with Crippen molar-refractivity contribution in [2.24, 2.45) is 23.7 Å². The maximum atomic E-state index is 13.7. The van der Waals surface area contributed by atoms with Gasteiger partial charge >= 0.3 is 6.18 Å². The monoisotopic (exact) mass is 449 g/mol. The van der Waals surface area contributed by atoms with E-state index in [1.54, 1.807) is 4.90 Å². The summed E-state index contributed by atoms with van der Waals surface area (Å²) in [5, 5.41) is 2.26. The van der Waals surface area contributed by atoms with Gasteiger partial charge in [0.05, 0.1) is 36.3 Å². The number of likely N-dealkylation sites (tertiary alicyclic amines) is 1. The van der Waals surface area contributed by atoms with Crippen molar-refractivity contribution in [2.75, 3.05) is 43.1 Å². The minimum Gasteiger partial charge on any atom is -0.378 e. The van der Waals surface area contributed by atoms with Crippen molar-refractivity contribution < 1.29 is 32.3 Å². The second kappa shape index (κ2) is 7.61. The highest BCUT2D eigenvalue weighted by molar-refractivity contribution is 6.09. The lowest BCUT2D eigenvalue weighted by atomic mass is 9.85. The third-order valence-electron chi connectivity index (χ3n) is 6.82. The van der Waals surface area contributed by atoms with E-state index >= 15 is 0 Å². The van der Waals surface area contributed by atoms with E-state index in [4.69, 9.17) is 4.74 Å². The summed E-state index contributed by atoms with van der Waals surface area (Å²) in [4.78, 5) is 40.7. The Labute approximate surface area is 182 Å². The summed E-state index contributed by atoms with van der Waals surface area (Å²) in [5.74, 6) is -2.57. The number of halogens is 3. The number of allylic oxidation sites excluding steroid dienone is 2. The molecule has 2 aliphatic heterocycles. The lowest BCUT2D eigenvalue weighted by Crippen LogP contribution is -2.39. The van der Waals surface area contributed by atoms with E-state index in [1.807, 2.05) is 12.2 Å². The van der Waals surface area contributed by atoms with Crippen LogP contribution in [0.3, 0.4) is 0 Å². The molecule has 32 heavy (non-hydrogen) atoms. The van der Waals surface area contributed by atoms with Gasteiger partial charge < -0.3 is 15.0 Å². The van der Waals surface area contributed by atoms with E-state index in [-0.39, 0.29) is 11.8 Å². The second-order valence-corrected chi connectivity index (χ2v) is 8.64. The first-order valence-electron chi connectivity index (χ1n) is 10.6.